The topological polar surface area (TPSA) is 41.6 Å². The molecule has 0 bridgehead atoms. The number of hydrogen-bond donors (Lipinski definition) is 1. The fourth-order valence-corrected chi connectivity index (χ4v) is 2.64. The van der Waals surface area contributed by atoms with Gasteiger partial charge in [-0.15, -0.1) is 0 Å². The number of amides is 1. The van der Waals surface area contributed by atoms with Crippen LogP contribution < -0.4 is 10.1 Å². The number of ether oxygens (including phenoxy) is 1. The average Bonchev–Trinajstić information content (AvgIpc) is 2.78. The Hall–Kier alpha value is -1.55. The molecule has 1 aliphatic heterocycles. The van der Waals surface area contributed by atoms with Crippen LogP contribution in [0, 0.1) is 6.92 Å². The molecular weight excluding hydrogens is 264 g/mol. The lowest BCUT2D eigenvalue weighted by molar-refractivity contribution is -0.132. The summed E-state index contributed by atoms with van der Waals surface area (Å²) in [7, 11) is 1.83. The first-order valence-corrected chi connectivity index (χ1v) is 7.78. The number of rotatable bonds is 6. The molecule has 0 saturated carbocycles. The molecular formula is C17H26N2O2. The van der Waals surface area contributed by atoms with Gasteiger partial charge in [-0.3, -0.25) is 4.79 Å². The Bertz CT molecular complexity index is 502. The lowest BCUT2D eigenvalue weighted by Gasteiger charge is -2.21. The molecule has 1 aromatic rings. The summed E-state index contributed by atoms with van der Waals surface area (Å²) < 4.78 is 6.01. The largest absolute Gasteiger partial charge is 0.480 e. The number of likely N-dealkylation sites (N-methyl/N-ethyl adjacent to an activating group) is 1. The standard InChI is InChI=1S/C17H26N2O2/c1-5-9-18-13(3)14-11-12(2)6-7-15(14)21-16-8-10-19(4)17(16)20/h6-7,11,13,16,18H,5,8-10H2,1-4H3. The first-order valence-electron chi connectivity index (χ1n) is 7.78. The maximum Gasteiger partial charge on any atom is 0.263 e. The zero-order valence-electron chi connectivity index (χ0n) is 13.5. The third-order valence-corrected chi connectivity index (χ3v) is 3.98. The number of nitrogens with one attached hydrogen (secondary N) is 1. The minimum Gasteiger partial charge on any atom is -0.480 e. The number of carbonyl (C=O) groups is 1. The molecule has 4 nitrogen and oxygen atoms in total. The summed E-state index contributed by atoms with van der Waals surface area (Å²) in [4.78, 5) is 13.7. The van der Waals surface area contributed by atoms with Crippen LogP contribution >= 0.6 is 0 Å². The van der Waals surface area contributed by atoms with Crippen LogP contribution in [-0.2, 0) is 4.79 Å². The van der Waals surface area contributed by atoms with Crippen molar-refractivity contribution in [1.29, 1.82) is 0 Å². The minimum atomic E-state index is -0.338. The Labute approximate surface area is 127 Å². The molecule has 1 saturated heterocycles. The SMILES string of the molecule is CCCNC(C)c1cc(C)ccc1OC1CCN(C)C1=O. The van der Waals surface area contributed by atoms with E-state index in [1.807, 2.05) is 19.2 Å². The van der Waals surface area contributed by atoms with Gasteiger partial charge in [0, 0.05) is 31.6 Å². The van der Waals surface area contributed by atoms with Gasteiger partial charge in [-0.1, -0.05) is 24.6 Å². The van der Waals surface area contributed by atoms with Crippen molar-refractivity contribution in [3.05, 3.63) is 29.3 Å². The maximum absolute atomic E-state index is 12.0. The first kappa shape index (κ1) is 15.8. The summed E-state index contributed by atoms with van der Waals surface area (Å²) in [6.07, 6.45) is 1.52. The Morgan fingerprint density at radius 1 is 1.48 bits per heavy atom. The van der Waals surface area contributed by atoms with Gasteiger partial charge < -0.3 is 15.0 Å². The minimum absolute atomic E-state index is 0.0793. The van der Waals surface area contributed by atoms with Crippen LogP contribution in [0.1, 0.15) is 43.9 Å². The van der Waals surface area contributed by atoms with Crippen LogP contribution in [0.5, 0.6) is 5.75 Å². The molecule has 4 heteroatoms. The smallest absolute Gasteiger partial charge is 0.263 e. The van der Waals surface area contributed by atoms with Crippen molar-refractivity contribution in [3.8, 4) is 5.75 Å². The van der Waals surface area contributed by atoms with E-state index in [1.54, 1.807) is 4.90 Å². The van der Waals surface area contributed by atoms with Gasteiger partial charge in [0.05, 0.1) is 0 Å². The molecule has 2 atom stereocenters. The van der Waals surface area contributed by atoms with Crippen molar-refractivity contribution in [3.63, 3.8) is 0 Å². The van der Waals surface area contributed by atoms with Crippen LogP contribution in [0.3, 0.4) is 0 Å². The van der Waals surface area contributed by atoms with E-state index >= 15 is 0 Å². The summed E-state index contributed by atoms with van der Waals surface area (Å²) in [5.74, 6) is 0.904. The molecule has 1 aliphatic rings. The molecule has 1 fully saturated rings. The molecule has 2 rings (SSSR count). The molecule has 1 heterocycles. The maximum atomic E-state index is 12.0. The van der Waals surface area contributed by atoms with Crippen molar-refractivity contribution >= 4 is 5.91 Å². The molecule has 21 heavy (non-hydrogen) atoms. The molecule has 0 aromatic heterocycles. The number of benzene rings is 1. The highest BCUT2D eigenvalue weighted by Gasteiger charge is 2.31. The normalized spacial score (nSPS) is 19.9. The van der Waals surface area contributed by atoms with Gasteiger partial charge in [-0.05, 0) is 32.9 Å². The van der Waals surface area contributed by atoms with E-state index in [0.717, 1.165) is 37.2 Å². The number of hydrogen-bond acceptors (Lipinski definition) is 3. The molecule has 1 aromatic carbocycles. The van der Waals surface area contributed by atoms with Gasteiger partial charge >= 0.3 is 0 Å². The van der Waals surface area contributed by atoms with E-state index < -0.39 is 0 Å². The lowest BCUT2D eigenvalue weighted by atomic mass is 10.0. The van der Waals surface area contributed by atoms with Crippen molar-refractivity contribution in [2.75, 3.05) is 20.1 Å². The monoisotopic (exact) mass is 290 g/mol. The van der Waals surface area contributed by atoms with E-state index in [4.69, 9.17) is 4.74 Å². The number of likely N-dealkylation sites (tertiary alicyclic amines) is 1. The Balaban J connectivity index is 2.16. The fraction of sp³-hybridized carbons (Fsp3) is 0.588. The van der Waals surface area contributed by atoms with Crippen LogP contribution in [0.2, 0.25) is 0 Å². The highest BCUT2D eigenvalue weighted by molar-refractivity contribution is 5.83. The molecule has 0 radical (unpaired) electrons. The van der Waals surface area contributed by atoms with Crippen LogP contribution in [-0.4, -0.2) is 37.0 Å². The summed E-state index contributed by atoms with van der Waals surface area (Å²) >= 11 is 0. The van der Waals surface area contributed by atoms with Crippen LogP contribution in [0.25, 0.3) is 0 Å². The van der Waals surface area contributed by atoms with Crippen molar-refractivity contribution in [1.82, 2.24) is 10.2 Å². The summed E-state index contributed by atoms with van der Waals surface area (Å²) in [5.41, 5.74) is 2.34. The highest BCUT2D eigenvalue weighted by Crippen LogP contribution is 2.29. The van der Waals surface area contributed by atoms with E-state index in [9.17, 15) is 4.79 Å². The zero-order valence-corrected chi connectivity index (χ0v) is 13.5. The van der Waals surface area contributed by atoms with Gasteiger partial charge in [-0.2, -0.15) is 0 Å². The second kappa shape index (κ2) is 6.94. The van der Waals surface area contributed by atoms with Crippen molar-refractivity contribution in [2.24, 2.45) is 0 Å². The molecule has 1 N–H and O–H groups in total. The van der Waals surface area contributed by atoms with Gasteiger partial charge in [0.2, 0.25) is 0 Å². The Morgan fingerprint density at radius 3 is 2.86 bits per heavy atom. The van der Waals surface area contributed by atoms with Crippen LogP contribution in [0.4, 0.5) is 0 Å². The van der Waals surface area contributed by atoms with E-state index in [-0.39, 0.29) is 18.1 Å². The van der Waals surface area contributed by atoms with Gasteiger partial charge in [0.1, 0.15) is 5.75 Å². The zero-order chi connectivity index (χ0) is 15.4. The number of nitrogens with zero attached hydrogens (tertiary/aromatic N) is 1. The van der Waals surface area contributed by atoms with Gasteiger partial charge in [0.25, 0.3) is 5.91 Å². The first-order chi connectivity index (χ1) is 10.0. The Kier molecular flexibility index (Phi) is 5.23. The number of aryl methyl sites for hydroxylation is 1. The quantitative estimate of drug-likeness (QED) is 0.876. The predicted molar refractivity (Wildman–Crippen MR) is 84.6 cm³/mol. The van der Waals surface area contributed by atoms with Gasteiger partial charge in [0.15, 0.2) is 6.10 Å². The molecule has 2 unspecified atom stereocenters. The summed E-state index contributed by atoms with van der Waals surface area (Å²) in [6, 6.07) is 6.38. The second-order valence-electron chi connectivity index (χ2n) is 5.87. The van der Waals surface area contributed by atoms with E-state index in [0.29, 0.717) is 0 Å². The van der Waals surface area contributed by atoms with Crippen molar-refractivity contribution in [2.45, 2.75) is 45.8 Å². The molecule has 0 spiro atoms. The lowest BCUT2D eigenvalue weighted by Crippen LogP contribution is -2.30. The van der Waals surface area contributed by atoms with Crippen LogP contribution in [0.15, 0.2) is 18.2 Å². The van der Waals surface area contributed by atoms with E-state index in [1.165, 1.54) is 5.56 Å². The molecule has 116 valence electrons. The van der Waals surface area contributed by atoms with Crippen molar-refractivity contribution < 1.29 is 9.53 Å². The van der Waals surface area contributed by atoms with Gasteiger partial charge in [-0.25, -0.2) is 0 Å². The Morgan fingerprint density at radius 2 is 2.24 bits per heavy atom. The van der Waals surface area contributed by atoms with E-state index in [2.05, 4.69) is 32.2 Å². The summed E-state index contributed by atoms with van der Waals surface area (Å²) in [6.45, 7) is 8.11. The molecule has 0 aliphatic carbocycles. The predicted octanol–water partition coefficient (Wildman–Crippen LogP) is 2.67. The number of carbonyl (C=O) groups excluding carboxylic acids is 1. The molecule has 1 amide bonds. The second-order valence-corrected chi connectivity index (χ2v) is 5.87. The highest BCUT2D eigenvalue weighted by atomic mass is 16.5. The fourth-order valence-electron chi connectivity index (χ4n) is 2.64. The third-order valence-electron chi connectivity index (χ3n) is 3.98. The summed E-state index contributed by atoms with van der Waals surface area (Å²) in [5, 5.41) is 3.49. The third kappa shape index (κ3) is 3.76. The average molecular weight is 290 g/mol.